The van der Waals surface area contributed by atoms with E-state index < -0.39 is 30.5 Å². The van der Waals surface area contributed by atoms with Gasteiger partial charge in [-0.1, -0.05) is 0 Å². The Kier molecular flexibility index (Phi) is 3.38. The topological polar surface area (TPSA) is 114 Å². The molecule has 2 aromatic rings. The molecule has 0 radical (unpaired) electrons. The molecule has 0 aromatic carbocycles. The minimum atomic E-state index is -1.11. The van der Waals surface area contributed by atoms with E-state index in [1.54, 1.807) is 17.1 Å². The fourth-order valence-corrected chi connectivity index (χ4v) is 2.47. The number of rotatable bonds is 3. The van der Waals surface area contributed by atoms with Crippen LogP contribution in [0, 0.1) is 0 Å². The van der Waals surface area contributed by atoms with Crippen LogP contribution < -0.4 is 0 Å². The molecule has 0 aliphatic carbocycles. The molecule has 1 aliphatic rings. The van der Waals surface area contributed by atoms with Crippen LogP contribution in [0.25, 0.3) is 11.2 Å². The van der Waals surface area contributed by atoms with Crippen LogP contribution in [-0.4, -0.2) is 65.4 Å². The van der Waals surface area contributed by atoms with Crippen LogP contribution in [0.3, 0.4) is 0 Å². The monoisotopic (exact) mass is 280 g/mol. The molecule has 3 heterocycles. The lowest BCUT2D eigenvalue weighted by atomic mass is 10.0. The van der Waals surface area contributed by atoms with Crippen molar-refractivity contribution in [3.63, 3.8) is 0 Å². The summed E-state index contributed by atoms with van der Waals surface area (Å²) in [5.41, 5.74) is 1.28. The number of hydrogen-bond acceptors (Lipinski definition) is 7. The zero-order chi connectivity index (χ0) is 14.3. The fraction of sp³-hybridized carbons (Fsp3) is 0.583. The van der Waals surface area contributed by atoms with Crippen LogP contribution in [0.4, 0.5) is 0 Å². The second-order valence-corrected chi connectivity index (χ2v) is 4.99. The van der Waals surface area contributed by atoms with Crippen molar-refractivity contribution >= 4 is 11.2 Å². The maximum absolute atomic E-state index is 10.00. The van der Waals surface area contributed by atoms with Crippen LogP contribution >= 0.6 is 0 Å². The molecule has 1 saturated heterocycles. The maximum atomic E-state index is 10.00. The summed E-state index contributed by atoms with van der Waals surface area (Å²) < 4.78 is 7.25. The van der Waals surface area contributed by atoms with Gasteiger partial charge >= 0.3 is 0 Å². The van der Waals surface area contributed by atoms with E-state index in [4.69, 9.17) is 4.74 Å². The molecule has 0 spiro atoms. The van der Waals surface area contributed by atoms with Crippen molar-refractivity contribution in [3.8, 4) is 0 Å². The van der Waals surface area contributed by atoms with Crippen LogP contribution in [0.5, 0.6) is 0 Å². The predicted octanol–water partition coefficient (Wildman–Crippen LogP) is -1.30. The minimum absolute atomic E-state index is 0.287. The van der Waals surface area contributed by atoms with Crippen LogP contribution in [-0.2, 0) is 11.3 Å². The molecule has 0 unspecified atom stereocenters. The van der Waals surface area contributed by atoms with Gasteiger partial charge in [-0.3, -0.25) is 0 Å². The summed E-state index contributed by atoms with van der Waals surface area (Å²) in [7, 11) is 0. The van der Waals surface area contributed by atoms with E-state index in [-0.39, 0.29) is 6.54 Å². The number of hydrogen-bond donors (Lipinski definition) is 3. The van der Waals surface area contributed by atoms with Gasteiger partial charge in [-0.05, 0) is 6.92 Å². The first-order valence-electron chi connectivity index (χ1n) is 6.38. The van der Waals surface area contributed by atoms with E-state index in [0.29, 0.717) is 11.2 Å². The van der Waals surface area contributed by atoms with E-state index >= 15 is 0 Å². The van der Waals surface area contributed by atoms with Gasteiger partial charge < -0.3 is 24.6 Å². The van der Waals surface area contributed by atoms with Crippen molar-refractivity contribution in [2.24, 2.45) is 0 Å². The molecule has 8 nitrogen and oxygen atoms in total. The summed E-state index contributed by atoms with van der Waals surface area (Å²) >= 11 is 0. The number of nitrogens with zero attached hydrogens (tertiary/aromatic N) is 4. The molecule has 3 rings (SSSR count). The van der Waals surface area contributed by atoms with E-state index in [2.05, 4.69) is 15.0 Å². The highest BCUT2D eigenvalue weighted by Crippen LogP contribution is 2.25. The SMILES string of the molecule is C[C@@H](O)[C@H]1O[C@@H](Cn2cnc3cncnc32)[C@H](O)[C@@H]1O. The van der Waals surface area contributed by atoms with Gasteiger partial charge in [-0.2, -0.15) is 0 Å². The lowest BCUT2D eigenvalue weighted by Crippen LogP contribution is -2.37. The first-order chi connectivity index (χ1) is 9.58. The summed E-state index contributed by atoms with van der Waals surface area (Å²) in [5, 5.41) is 29.4. The van der Waals surface area contributed by atoms with Gasteiger partial charge in [0.2, 0.25) is 0 Å². The van der Waals surface area contributed by atoms with Crippen molar-refractivity contribution in [1.29, 1.82) is 0 Å². The zero-order valence-corrected chi connectivity index (χ0v) is 10.9. The molecule has 3 N–H and O–H groups in total. The van der Waals surface area contributed by atoms with Gasteiger partial charge in [0.25, 0.3) is 0 Å². The predicted molar refractivity (Wildman–Crippen MR) is 67.7 cm³/mol. The molecule has 8 heteroatoms. The number of imidazole rings is 1. The van der Waals surface area contributed by atoms with Gasteiger partial charge in [-0.15, -0.1) is 0 Å². The molecule has 0 saturated carbocycles. The first-order valence-corrected chi connectivity index (χ1v) is 6.38. The number of fused-ring (bicyclic) bond motifs is 1. The Morgan fingerprint density at radius 3 is 2.85 bits per heavy atom. The first kappa shape index (κ1) is 13.4. The third-order valence-electron chi connectivity index (χ3n) is 3.53. The molecular formula is C12H16N4O4. The van der Waals surface area contributed by atoms with E-state index in [1.165, 1.54) is 13.3 Å². The van der Waals surface area contributed by atoms with Crippen LogP contribution in [0.1, 0.15) is 6.92 Å². The van der Waals surface area contributed by atoms with E-state index in [0.717, 1.165) is 0 Å². The Balaban J connectivity index is 1.81. The van der Waals surface area contributed by atoms with Gasteiger partial charge in [0.1, 0.15) is 36.3 Å². The summed E-state index contributed by atoms with van der Waals surface area (Å²) in [6.07, 6.45) is 0.150. The molecule has 20 heavy (non-hydrogen) atoms. The second-order valence-electron chi connectivity index (χ2n) is 4.99. The quantitative estimate of drug-likeness (QED) is 0.640. The summed E-state index contributed by atoms with van der Waals surface area (Å²) in [4.78, 5) is 12.1. The Morgan fingerprint density at radius 1 is 1.35 bits per heavy atom. The number of aromatic nitrogens is 4. The highest BCUT2D eigenvalue weighted by molar-refractivity contribution is 5.68. The van der Waals surface area contributed by atoms with Crippen molar-refractivity contribution in [3.05, 3.63) is 18.9 Å². The molecule has 108 valence electrons. The second kappa shape index (κ2) is 5.06. The number of aliphatic hydroxyl groups excluding tert-OH is 3. The van der Waals surface area contributed by atoms with Crippen LogP contribution in [0.15, 0.2) is 18.9 Å². The van der Waals surface area contributed by atoms with Gasteiger partial charge in [0, 0.05) is 0 Å². The highest BCUT2D eigenvalue weighted by Gasteiger charge is 2.44. The Bertz CT molecular complexity index is 602. The van der Waals surface area contributed by atoms with Crippen molar-refractivity contribution in [2.75, 3.05) is 0 Å². The van der Waals surface area contributed by atoms with Crippen LogP contribution in [0.2, 0.25) is 0 Å². The van der Waals surface area contributed by atoms with Crippen molar-refractivity contribution < 1.29 is 20.1 Å². The van der Waals surface area contributed by atoms with Gasteiger partial charge in [-0.25, -0.2) is 15.0 Å². The summed E-state index contributed by atoms with van der Waals surface area (Å²) in [5.74, 6) is 0. The van der Waals surface area contributed by atoms with E-state index in [9.17, 15) is 15.3 Å². The lowest BCUT2D eigenvalue weighted by Gasteiger charge is -2.17. The minimum Gasteiger partial charge on any atom is -0.391 e. The highest BCUT2D eigenvalue weighted by atomic mass is 16.6. The third-order valence-corrected chi connectivity index (χ3v) is 3.53. The average molecular weight is 280 g/mol. The van der Waals surface area contributed by atoms with Gasteiger partial charge in [0.05, 0.1) is 25.2 Å². The smallest absolute Gasteiger partial charge is 0.163 e. The Morgan fingerprint density at radius 2 is 2.15 bits per heavy atom. The maximum Gasteiger partial charge on any atom is 0.163 e. The summed E-state index contributed by atoms with van der Waals surface area (Å²) in [6.45, 7) is 1.80. The standard InChI is InChI=1S/C12H16N4O4/c1-6(17)11-10(19)9(18)8(20-11)3-16-5-15-7-2-13-4-14-12(7)16/h2,4-6,8-11,17-19H,3H2,1H3/t6-,8+,9+,10+,11-/m1/s1. The lowest BCUT2D eigenvalue weighted by molar-refractivity contribution is -0.0608. The summed E-state index contributed by atoms with van der Waals surface area (Å²) in [6, 6.07) is 0. The molecule has 5 atom stereocenters. The number of ether oxygens (including phenoxy) is 1. The van der Waals surface area contributed by atoms with Crippen molar-refractivity contribution in [1.82, 2.24) is 19.5 Å². The normalized spacial score (nSPS) is 31.8. The van der Waals surface area contributed by atoms with Gasteiger partial charge in [0.15, 0.2) is 5.65 Å². The molecular weight excluding hydrogens is 264 g/mol. The molecule has 0 bridgehead atoms. The average Bonchev–Trinajstić information content (AvgIpc) is 2.96. The Labute approximate surface area is 114 Å². The largest absolute Gasteiger partial charge is 0.391 e. The number of aliphatic hydroxyl groups is 3. The zero-order valence-electron chi connectivity index (χ0n) is 10.9. The molecule has 2 aromatic heterocycles. The molecule has 1 fully saturated rings. The molecule has 0 amide bonds. The third kappa shape index (κ3) is 2.16. The molecule has 1 aliphatic heterocycles. The van der Waals surface area contributed by atoms with E-state index in [1.807, 2.05) is 0 Å². The van der Waals surface area contributed by atoms with Crippen molar-refractivity contribution in [2.45, 2.75) is 44.0 Å². The Hall–Kier alpha value is -1.61. The fourth-order valence-electron chi connectivity index (χ4n) is 2.47.